The summed E-state index contributed by atoms with van der Waals surface area (Å²) in [4.78, 5) is 34.5. The first-order chi connectivity index (χ1) is 21.5. The third-order valence-corrected chi connectivity index (χ3v) is 8.43. The van der Waals surface area contributed by atoms with Crippen molar-refractivity contribution in [2.24, 2.45) is 5.73 Å². The average molecular weight is 583 g/mol. The lowest BCUT2D eigenvalue weighted by Crippen LogP contribution is -2.48. The normalized spacial score (nSPS) is 14.7. The highest BCUT2D eigenvalue weighted by Crippen LogP contribution is 2.29. The molecule has 4 aromatic carbocycles. The molecule has 1 amide bonds. The lowest BCUT2D eigenvalue weighted by molar-refractivity contribution is 0.0628. The molecule has 9 nitrogen and oxygen atoms in total. The second-order valence-electron chi connectivity index (χ2n) is 11.4. The number of amides is 1. The monoisotopic (exact) mass is 582 g/mol. The van der Waals surface area contributed by atoms with Gasteiger partial charge in [-0.3, -0.25) is 15.1 Å². The summed E-state index contributed by atoms with van der Waals surface area (Å²) in [5.41, 5.74) is 12.9. The molecule has 5 N–H and O–H groups in total. The standard InChI is InChI=1S/C35H34N8O/c36-32(37)26-14-15-30-31(21-26)41-34(40-30)27(33-38-28-8-4-5-9-29(28)39-33)20-23-10-12-25(13-11-23)35(44)43-18-16-42(17-19-43)22-24-6-2-1-3-7-24/h1-15,21,27H,16-20,22H2,(H3,36,37)(H,38,39)(H,40,41). The Bertz CT molecular complexity index is 1900. The van der Waals surface area contributed by atoms with Gasteiger partial charge in [0, 0.05) is 43.9 Å². The topological polar surface area (TPSA) is 131 Å². The fraction of sp³-hybridized carbons (Fsp3) is 0.200. The van der Waals surface area contributed by atoms with Crippen LogP contribution in [0.15, 0.2) is 97.1 Å². The van der Waals surface area contributed by atoms with Gasteiger partial charge in [-0.2, -0.15) is 0 Å². The van der Waals surface area contributed by atoms with Crippen LogP contribution < -0.4 is 5.73 Å². The van der Waals surface area contributed by atoms with Crippen LogP contribution in [-0.2, 0) is 13.0 Å². The van der Waals surface area contributed by atoms with E-state index >= 15 is 0 Å². The van der Waals surface area contributed by atoms with E-state index in [1.807, 2.05) is 77.7 Å². The Labute approximate surface area is 255 Å². The van der Waals surface area contributed by atoms with E-state index in [1.165, 1.54) is 5.56 Å². The number of rotatable bonds is 8. The maximum absolute atomic E-state index is 13.4. The molecule has 1 aliphatic heterocycles. The maximum atomic E-state index is 13.4. The number of fused-ring (bicyclic) bond motifs is 2. The van der Waals surface area contributed by atoms with Crippen molar-refractivity contribution in [2.45, 2.75) is 18.9 Å². The lowest BCUT2D eigenvalue weighted by atomic mass is 9.97. The van der Waals surface area contributed by atoms with Crippen LogP contribution in [0, 0.1) is 5.41 Å². The molecule has 44 heavy (non-hydrogen) atoms. The van der Waals surface area contributed by atoms with E-state index in [4.69, 9.17) is 21.1 Å². The number of imidazole rings is 2. The average Bonchev–Trinajstić information content (AvgIpc) is 3.68. The Kier molecular flexibility index (Phi) is 7.37. The first-order valence-electron chi connectivity index (χ1n) is 14.9. The van der Waals surface area contributed by atoms with Gasteiger partial charge in [-0.25, -0.2) is 9.97 Å². The molecular formula is C35H34N8O. The molecule has 9 heteroatoms. The number of para-hydroxylation sites is 2. The number of carbonyl (C=O) groups is 1. The molecule has 1 atom stereocenters. The minimum Gasteiger partial charge on any atom is -0.384 e. The maximum Gasteiger partial charge on any atom is 0.253 e. The van der Waals surface area contributed by atoms with Gasteiger partial charge in [0.2, 0.25) is 0 Å². The third-order valence-electron chi connectivity index (χ3n) is 8.43. The van der Waals surface area contributed by atoms with Crippen molar-refractivity contribution >= 4 is 33.8 Å². The summed E-state index contributed by atoms with van der Waals surface area (Å²) in [5.74, 6) is 1.48. The summed E-state index contributed by atoms with van der Waals surface area (Å²) in [6.07, 6.45) is 0.631. The second kappa shape index (κ2) is 11.8. The van der Waals surface area contributed by atoms with E-state index in [0.29, 0.717) is 17.5 Å². The predicted octanol–water partition coefficient (Wildman–Crippen LogP) is 5.06. The molecule has 0 bridgehead atoms. The van der Waals surface area contributed by atoms with Gasteiger partial charge in [0.1, 0.15) is 17.5 Å². The van der Waals surface area contributed by atoms with Crippen LogP contribution in [0.2, 0.25) is 0 Å². The Balaban J connectivity index is 1.09. The number of nitrogen functional groups attached to an aromatic ring is 1. The van der Waals surface area contributed by atoms with Gasteiger partial charge in [-0.05, 0) is 60.0 Å². The van der Waals surface area contributed by atoms with E-state index in [0.717, 1.165) is 72.0 Å². The number of hydrogen-bond acceptors (Lipinski definition) is 5. The molecule has 1 aliphatic rings. The smallest absolute Gasteiger partial charge is 0.253 e. The summed E-state index contributed by atoms with van der Waals surface area (Å²) >= 11 is 0. The quantitative estimate of drug-likeness (QED) is 0.147. The molecule has 1 unspecified atom stereocenters. The molecular weight excluding hydrogens is 548 g/mol. The minimum atomic E-state index is -0.185. The van der Waals surface area contributed by atoms with Crippen LogP contribution in [0.4, 0.5) is 0 Å². The van der Waals surface area contributed by atoms with Crippen molar-refractivity contribution in [3.05, 3.63) is 131 Å². The first kappa shape index (κ1) is 27.5. The number of nitrogens with zero attached hydrogens (tertiary/aromatic N) is 4. The molecule has 2 aromatic heterocycles. The van der Waals surface area contributed by atoms with Crippen molar-refractivity contribution in [1.29, 1.82) is 5.41 Å². The molecule has 0 radical (unpaired) electrons. The Morgan fingerprint density at radius 3 is 2.09 bits per heavy atom. The van der Waals surface area contributed by atoms with Crippen LogP contribution in [0.3, 0.4) is 0 Å². The predicted molar refractivity (Wildman–Crippen MR) is 173 cm³/mol. The summed E-state index contributed by atoms with van der Waals surface area (Å²) in [7, 11) is 0. The number of benzene rings is 4. The molecule has 1 saturated heterocycles. The van der Waals surface area contributed by atoms with Crippen molar-refractivity contribution in [1.82, 2.24) is 29.7 Å². The zero-order valence-electron chi connectivity index (χ0n) is 24.3. The number of nitrogens with one attached hydrogen (secondary N) is 3. The van der Waals surface area contributed by atoms with Crippen molar-refractivity contribution in [3.63, 3.8) is 0 Å². The van der Waals surface area contributed by atoms with Crippen LogP contribution >= 0.6 is 0 Å². The molecule has 0 aliphatic carbocycles. The van der Waals surface area contributed by atoms with Crippen molar-refractivity contribution in [3.8, 4) is 0 Å². The Hall–Kier alpha value is -5.28. The van der Waals surface area contributed by atoms with Gasteiger partial charge in [-0.15, -0.1) is 0 Å². The number of hydrogen-bond donors (Lipinski definition) is 4. The van der Waals surface area contributed by atoms with Crippen molar-refractivity contribution < 1.29 is 4.79 Å². The van der Waals surface area contributed by atoms with Crippen LogP contribution in [0.1, 0.15) is 44.6 Å². The zero-order chi connectivity index (χ0) is 30.0. The highest BCUT2D eigenvalue weighted by molar-refractivity contribution is 5.98. The van der Waals surface area contributed by atoms with Gasteiger partial charge < -0.3 is 20.6 Å². The van der Waals surface area contributed by atoms with Crippen LogP contribution in [-0.4, -0.2) is 67.7 Å². The molecule has 7 rings (SSSR count). The number of aromatic amines is 2. The lowest BCUT2D eigenvalue weighted by Gasteiger charge is -2.34. The number of amidine groups is 1. The molecule has 0 spiro atoms. The number of aromatic nitrogens is 4. The van der Waals surface area contributed by atoms with E-state index < -0.39 is 0 Å². The van der Waals surface area contributed by atoms with Gasteiger partial charge in [0.05, 0.1) is 28.0 Å². The minimum absolute atomic E-state index is 0.0144. The summed E-state index contributed by atoms with van der Waals surface area (Å²) in [6.45, 7) is 4.08. The van der Waals surface area contributed by atoms with Gasteiger partial charge in [0.25, 0.3) is 5.91 Å². The van der Waals surface area contributed by atoms with Gasteiger partial charge in [0.15, 0.2) is 0 Å². The SMILES string of the molecule is N=C(N)c1ccc2nc(C(Cc3ccc(C(=O)N4CCN(Cc5ccccc5)CC4)cc3)c3nc4ccccc4[nH]3)[nH]c2c1. The Morgan fingerprint density at radius 2 is 1.39 bits per heavy atom. The zero-order valence-corrected chi connectivity index (χ0v) is 24.3. The third kappa shape index (κ3) is 5.69. The summed E-state index contributed by atoms with van der Waals surface area (Å²) in [5, 5.41) is 7.81. The summed E-state index contributed by atoms with van der Waals surface area (Å²) < 4.78 is 0. The molecule has 0 saturated carbocycles. The fourth-order valence-corrected chi connectivity index (χ4v) is 5.97. The Morgan fingerprint density at radius 1 is 0.750 bits per heavy atom. The highest BCUT2D eigenvalue weighted by atomic mass is 16.2. The molecule has 6 aromatic rings. The van der Waals surface area contributed by atoms with Crippen molar-refractivity contribution in [2.75, 3.05) is 26.2 Å². The van der Waals surface area contributed by atoms with E-state index in [-0.39, 0.29) is 17.7 Å². The van der Waals surface area contributed by atoms with E-state index in [9.17, 15) is 4.79 Å². The number of carbonyl (C=O) groups excluding carboxylic acids is 1. The van der Waals surface area contributed by atoms with Crippen LogP contribution in [0.5, 0.6) is 0 Å². The highest BCUT2D eigenvalue weighted by Gasteiger charge is 2.25. The molecule has 220 valence electrons. The number of H-pyrrole nitrogens is 2. The molecule has 1 fully saturated rings. The first-order valence-corrected chi connectivity index (χ1v) is 14.9. The van der Waals surface area contributed by atoms with Gasteiger partial charge >= 0.3 is 0 Å². The van der Waals surface area contributed by atoms with Crippen LogP contribution in [0.25, 0.3) is 22.1 Å². The van der Waals surface area contributed by atoms with E-state index in [2.05, 4.69) is 39.1 Å². The second-order valence-corrected chi connectivity index (χ2v) is 11.4. The van der Waals surface area contributed by atoms with Gasteiger partial charge in [-0.1, -0.05) is 54.6 Å². The largest absolute Gasteiger partial charge is 0.384 e. The fourth-order valence-electron chi connectivity index (χ4n) is 5.97. The number of nitrogens with two attached hydrogens (primary N) is 1. The number of piperazine rings is 1. The summed E-state index contributed by atoms with van der Waals surface area (Å²) in [6, 6.07) is 31.9. The van der Waals surface area contributed by atoms with E-state index in [1.54, 1.807) is 0 Å². The molecule has 3 heterocycles.